The highest BCUT2D eigenvalue weighted by Gasteiger charge is 2.22. The van der Waals surface area contributed by atoms with Crippen LogP contribution in [0.1, 0.15) is 26.2 Å². The molecule has 0 radical (unpaired) electrons. The smallest absolute Gasteiger partial charge is 0.303 e. The van der Waals surface area contributed by atoms with Crippen molar-refractivity contribution in [3.05, 3.63) is 29.3 Å². The number of aliphatic carboxylic acids is 1. The Kier molecular flexibility index (Phi) is 7.02. The number of carboxylic acid groups (broad SMARTS) is 1. The molecular weight excluding hydrogens is 294 g/mol. The molecule has 1 amide bonds. The quantitative estimate of drug-likeness (QED) is 0.801. The molecule has 5 nitrogen and oxygen atoms in total. The molecular formula is C15H20ClNO4. The van der Waals surface area contributed by atoms with E-state index in [-0.39, 0.29) is 12.3 Å². The third-order valence-corrected chi connectivity index (χ3v) is 3.32. The number of nitrogens with zero attached hydrogens (tertiary/aromatic N) is 1. The molecule has 0 saturated heterocycles. The fourth-order valence-corrected chi connectivity index (χ4v) is 2.01. The van der Waals surface area contributed by atoms with E-state index in [0.29, 0.717) is 30.2 Å². The summed E-state index contributed by atoms with van der Waals surface area (Å²) in [5.41, 5.74) is 0. The minimum absolute atomic E-state index is 0.0415. The molecule has 0 aromatic heterocycles. The minimum Gasteiger partial charge on any atom is -0.481 e. The van der Waals surface area contributed by atoms with Crippen LogP contribution >= 0.6 is 11.6 Å². The van der Waals surface area contributed by atoms with Gasteiger partial charge in [-0.15, -0.1) is 0 Å². The standard InChI is InChI=1S/C15H20ClNO4/c1-3-12(21-13-8-5-4-7-11(13)16)15(20)17(2)10-6-9-14(18)19/h4-5,7-8,12H,3,6,9-10H2,1-2H3,(H,18,19). The van der Waals surface area contributed by atoms with Crippen LogP contribution in [-0.2, 0) is 9.59 Å². The van der Waals surface area contributed by atoms with E-state index in [1.807, 2.05) is 6.92 Å². The fourth-order valence-electron chi connectivity index (χ4n) is 1.83. The Hall–Kier alpha value is -1.75. The van der Waals surface area contributed by atoms with Crippen molar-refractivity contribution in [3.63, 3.8) is 0 Å². The largest absolute Gasteiger partial charge is 0.481 e. The van der Waals surface area contributed by atoms with Crippen molar-refractivity contribution in [3.8, 4) is 5.75 Å². The van der Waals surface area contributed by atoms with Gasteiger partial charge in [0.1, 0.15) is 5.75 Å². The summed E-state index contributed by atoms with van der Waals surface area (Å²) in [6.07, 6.45) is 0.340. The normalized spacial score (nSPS) is 11.8. The Morgan fingerprint density at radius 2 is 2.05 bits per heavy atom. The Morgan fingerprint density at radius 1 is 1.38 bits per heavy atom. The van der Waals surface area contributed by atoms with Crippen LogP contribution in [0.25, 0.3) is 0 Å². The molecule has 0 saturated carbocycles. The van der Waals surface area contributed by atoms with Crippen molar-refractivity contribution < 1.29 is 19.4 Å². The highest BCUT2D eigenvalue weighted by Crippen LogP contribution is 2.25. The summed E-state index contributed by atoms with van der Waals surface area (Å²) in [4.78, 5) is 24.2. The molecule has 1 aromatic rings. The van der Waals surface area contributed by atoms with Gasteiger partial charge in [-0.25, -0.2) is 0 Å². The predicted molar refractivity (Wildman–Crippen MR) is 80.7 cm³/mol. The maximum Gasteiger partial charge on any atom is 0.303 e. The Balaban J connectivity index is 2.60. The maximum absolute atomic E-state index is 12.3. The SMILES string of the molecule is CCC(Oc1ccccc1Cl)C(=O)N(C)CCCC(=O)O. The summed E-state index contributed by atoms with van der Waals surface area (Å²) in [5, 5.41) is 9.06. The zero-order valence-electron chi connectivity index (χ0n) is 12.2. The molecule has 0 spiro atoms. The van der Waals surface area contributed by atoms with E-state index in [1.165, 1.54) is 4.90 Å². The van der Waals surface area contributed by atoms with Crippen LogP contribution in [0.3, 0.4) is 0 Å². The number of hydrogen-bond donors (Lipinski definition) is 1. The molecule has 21 heavy (non-hydrogen) atoms. The highest BCUT2D eigenvalue weighted by molar-refractivity contribution is 6.32. The molecule has 1 unspecified atom stereocenters. The number of para-hydroxylation sites is 1. The summed E-state index contributed by atoms with van der Waals surface area (Å²) in [7, 11) is 1.64. The van der Waals surface area contributed by atoms with Crippen molar-refractivity contribution in [1.82, 2.24) is 4.90 Å². The number of likely N-dealkylation sites (N-methyl/N-ethyl adjacent to an activating group) is 1. The number of hydrogen-bond acceptors (Lipinski definition) is 3. The number of carboxylic acids is 1. The summed E-state index contributed by atoms with van der Waals surface area (Å²) in [6, 6.07) is 6.98. The summed E-state index contributed by atoms with van der Waals surface area (Å²) in [6.45, 7) is 2.23. The minimum atomic E-state index is -0.866. The number of carbonyl (C=O) groups is 2. The highest BCUT2D eigenvalue weighted by atomic mass is 35.5. The average Bonchev–Trinajstić information content (AvgIpc) is 2.45. The number of halogens is 1. The van der Waals surface area contributed by atoms with Gasteiger partial charge < -0.3 is 14.7 Å². The molecule has 0 fully saturated rings. The molecule has 6 heteroatoms. The molecule has 1 rings (SSSR count). The third kappa shape index (κ3) is 5.63. The first-order chi connectivity index (χ1) is 9.95. The molecule has 0 heterocycles. The van der Waals surface area contributed by atoms with Gasteiger partial charge in [-0.3, -0.25) is 9.59 Å². The van der Waals surface area contributed by atoms with Gasteiger partial charge >= 0.3 is 5.97 Å². The monoisotopic (exact) mass is 313 g/mol. The van der Waals surface area contributed by atoms with E-state index in [4.69, 9.17) is 21.4 Å². The van der Waals surface area contributed by atoms with Crippen LogP contribution < -0.4 is 4.74 Å². The Bertz CT molecular complexity index is 492. The van der Waals surface area contributed by atoms with Crippen LogP contribution in [0, 0.1) is 0 Å². The summed E-state index contributed by atoms with van der Waals surface area (Å²) in [5.74, 6) is -0.573. The first-order valence-electron chi connectivity index (χ1n) is 6.83. The van der Waals surface area contributed by atoms with Gasteiger partial charge in [0, 0.05) is 20.0 Å². The second kappa shape index (κ2) is 8.52. The summed E-state index contributed by atoms with van der Waals surface area (Å²) >= 11 is 6.01. The van der Waals surface area contributed by atoms with Gasteiger partial charge in [0.25, 0.3) is 5.91 Å². The van der Waals surface area contributed by atoms with Gasteiger partial charge in [-0.05, 0) is 25.0 Å². The summed E-state index contributed by atoms with van der Waals surface area (Å²) < 4.78 is 5.67. The molecule has 0 bridgehead atoms. The van der Waals surface area contributed by atoms with Crippen LogP contribution in [-0.4, -0.2) is 41.6 Å². The maximum atomic E-state index is 12.3. The van der Waals surface area contributed by atoms with E-state index in [2.05, 4.69) is 0 Å². The van der Waals surface area contributed by atoms with Crippen molar-refractivity contribution >= 4 is 23.5 Å². The topological polar surface area (TPSA) is 66.8 Å². The van der Waals surface area contributed by atoms with Gasteiger partial charge in [0.2, 0.25) is 0 Å². The lowest BCUT2D eigenvalue weighted by atomic mass is 10.2. The van der Waals surface area contributed by atoms with Gasteiger partial charge in [-0.1, -0.05) is 30.7 Å². The first kappa shape index (κ1) is 17.3. The fraction of sp³-hybridized carbons (Fsp3) is 0.467. The van der Waals surface area contributed by atoms with Crippen molar-refractivity contribution in [2.24, 2.45) is 0 Å². The number of ether oxygens (including phenoxy) is 1. The van der Waals surface area contributed by atoms with Crippen molar-refractivity contribution in [2.45, 2.75) is 32.3 Å². The van der Waals surface area contributed by atoms with E-state index >= 15 is 0 Å². The second-order valence-corrected chi connectivity index (χ2v) is 5.11. The number of rotatable bonds is 8. The van der Waals surface area contributed by atoms with E-state index in [9.17, 15) is 9.59 Å². The lowest BCUT2D eigenvalue weighted by Gasteiger charge is -2.24. The van der Waals surface area contributed by atoms with Gasteiger partial charge in [-0.2, -0.15) is 0 Å². The molecule has 1 atom stereocenters. The van der Waals surface area contributed by atoms with Crippen LogP contribution in [0.5, 0.6) is 5.75 Å². The first-order valence-corrected chi connectivity index (χ1v) is 7.21. The lowest BCUT2D eigenvalue weighted by Crippen LogP contribution is -2.40. The molecule has 0 aliphatic heterocycles. The van der Waals surface area contributed by atoms with Gasteiger partial charge in [0.15, 0.2) is 6.10 Å². The Labute approximate surface area is 129 Å². The number of benzene rings is 1. The van der Waals surface area contributed by atoms with E-state index in [0.717, 1.165) is 0 Å². The molecule has 0 aliphatic rings. The lowest BCUT2D eigenvalue weighted by molar-refractivity contribution is -0.140. The second-order valence-electron chi connectivity index (χ2n) is 4.70. The van der Waals surface area contributed by atoms with Crippen molar-refractivity contribution in [1.29, 1.82) is 0 Å². The molecule has 0 aliphatic carbocycles. The third-order valence-electron chi connectivity index (χ3n) is 3.01. The van der Waals surface area contributed by atoms with E-state index in [1.54, 1.807) is 31.3 Å². The molecule has 1 aromatic carbocycles. The van der Waals surface area contributed by atoms with E-state index < -0.39 is 12.1 Å². The number of amides is 1. The van der Waals surface area contributed by atoms with Crippen LogP contribution in [0.2, 0.25) is 5.02 Å². The zero-order valence-corrected chi connectivity index (χ0v) is 13.0. The van der Waals surface area contributed by atoms with Crippen LogP contribution in [0.15, 0.2) is 24.3 Å². The Morgan fingerprint density at radius 3 is 2.62 bits per heavy atom. The van der Waals surface area contributed by atoms with Crippen LogP contribution in [0.4, 0.5) is 0 Å². The average molecular weight is 314 g/mol. The zero-order chi connectivity index (χ0) is 15.8. The molecule has 1 N–H and O–H groups in total. The number of carbonyl (C=O) groups excluding carboxylic acids is 1. The van der Waals surface area contributed by atoms with Crippen molar-refractivity contribution in [2.75, 3.05) is 13.6 Å². The molecule has 116 valence electrons. The van der Waals surface area contributed by atoms with Gasteiger partial charge in [0.05, 0.1) is 5.02 Å². The predicted octanol–water partition coefficient (Wildman–Crippen LogP) is 2.82.